The lowest BCUT2D eigenvalue weighted by atomic mass is 10.0. The van der Waals surface area contributed by atoms with Crippen LogP contribution in [0.4, 0.5) is 11.5 Å². The van der Waals surface area contributed by atoms with E-state index in [0.29, 0.717) is 47.0 Å². The summed E-state index contributed by atoms with van der Waals surface area (Å²) in [6.45, 7) is 2.16. The zero-order chi connectivity index (χ0) is 24.1. The summed E-state index contributed by atoms with van der Waals surface area (Å²) in [6.07, 6.45) is 2.40. The average molecular weight is 470 g/mol. The Balaban J connectivity index is 1.27. The van der Waals surface area contributed by atoms with E-state index in [9.17, 15) is 14.7 Å². The predicted molar refractivity (Wildman–Crippen MR) is 132 cm³/mol. The van der Waals surface area contributed by atoms with Crippen LogP contribution in [-0.4, -0.2) is 44.5 Å². The second kappa shape index (κ2) is 8.12. The molecule has 35 heavy (non-hydrogen) atoms. The molecule has 2 atom stereocenters. The highest BCUT2D eigenvalue weighted by Crippen LogP contribution is 2.37. The fourth-order valence-corrected chi connectivity index (χ4v) is 5.02. The molecule has 1 saturated heterocycles. The summed E-state index contributed by atoms with van der Waals surface area (Å²) >= 11 is 0. The number of hydrogen-bond donors (Lipinski definition) is 3. The number of anilines is 2. The lowest BCUT2D eigenvalue weighted by molar-refractivity contribution is -0.138. The number of carboxylic acids is 1. The van der Waals surface area contributed by atoms with Crippen LogP contribution in [0.5, 0.6) is 0 Å². The zero-order valence-corrected chi connectivity index (χ0v) is 19.0. The maximum absolute atomic E-state index is 12.8. The van der Waals surface area contributed by atoms with Crippen LogP contribution in [0.2, 0.25) is 0 Å². The fraction of sp³-hybridized carbons (Fsp3) is 0.231. The molecule has 9 nitrogen and oxygen atoms in total. The fourth-order valence-electron chi connectivity index (χ4n) is 5.02. The highest BCUT2D eigenvalue weighted by atomic mass is 16.4. The number of H-pyrrole nitrogens is 1. The van der Waals surface area contributed by atoms with Gasteiger partial charge in [-0.25, -0.2) is 14.8 Å². The van der Waals surface area contributed by atoms with E-state index in [1.54, 1.807) is 11.8 Å². The first-order valence-corrected chi connectivity index (χ1v) is 11.5. The highest BCUT2D eigenvalue weighted by molar-refractivity contribution is 6.06. The van der Waals surface area contributed by atoms with Gasteiger partial charge in [0.25, 0.3) is 0 Å². The van der Waals surface area contributed by atoms with Gasteiger partial charge >= 0.3 is 5.97 Å². The third-order valence-corrected chi connectivity index (χ3v) is 6.57. The summed E-state index contributed by atoms with van der Waals surface area (Å²) in [4.78, 5) is 39.0. The summed E-state index contributed by atoms with van der Waals surface area (Å²) in [5, 5.41) is 14.8. The molecule has 1 aliphatic rings. The number of aromatic amines is 1. The van der Waals surface area contributed by atoms with Crippen LogP contribution in [-0.2, 0) is 9.59 Å². The van der Waals surface area contributed by atoms with Crippen molar-refractivity contribution in [2.24, 2.45) is 5.92 Å². The number of carbonyl (C=O) groups excluding carboxylic acids is 1. The molecule has 1 amide bonds. The van der Waals surface area contributed by atoms with Gasteiger partial charge in [-0.15, -0.1) is 0 Å². The molecule has 9 heteroatoms. The number of carboxylic acid groups (broad SMARTS) is 1. The van der Waals surface area contributed by atoms with Crippen LogP contribution in [0.15, 0.2) is 59.1 Å². The van der Waals surface area contributed by atoms with Gasteiger partial charge in [-0.3, -0.25) is 4.79 Å². The molecule has 0 bridgehead atoms. The lowest BCUT2D eigenvalue weighted by Crippen LogP contribution is -2.36. The van der Waals surface area contributed by atoms with Crippen molar-refractivity contribution < 1.29 is 19.1 Å². The van der Waals surface area contributed by atoms with Crippen LogP contribution in [0.1, 0.15) is 18.7 Å². The van der Waals surface area contributed by atoms with Crippen molar-refractivity contribution in [2.45, 2.75) is 25.8 Å². The van der Waals surface area contributed by atoms with Crippen LogP contribution in [0.3, 0.4) is 0 Å². The van der Waals surface area contributed by atoms with E-state index in [1.807, 2.05) is 54.7 Å². The molecule has 1 fully saturated rings. The quantitative estimate of drug-likeness (QED) is 0.347. The van der Waals surface area contributed by atoms with Crippen LogP contribution < -0.4 is 10.2 Å². The third kappa shape index (κ3) is 3.74. The van der Waals surface area contributed by atoms with Crippen LogP contribution >= 0.6 is 0 Å². The topological polar surface area (TPSA) is 124 Å². The van der Waals surface area contributed by atoms with Gasteiger partial charge in [-0.1, -0.05) is 12.1 Å². The van der Waals surface area contributed by atoms with Crippen molar-refractivity contribution in [2.75, 3.05) is 16.8 Å². The predicted octanol–water partition coefficient (Wildman–Crippen LogP) is 4.47. The number of hydrogen-bond acceptors (Lipinski definition) is 6. The summed E-state index contributed by atoms with van der Waals surface area (Å²) in [5.74, 6) is -0.266. The molecule has 0 spiro atoms. The molecular weight excluding hydrogens is 446 g/mol. The van der Waals surface area contributed by atoms with Crippen molar-refractivity contribution in [3.05, 3.63) is 60.6 Å². The third-order valence-electron chi connectivity index (χ3n) is 6.57. The Labute approximate surface area is 199 Å². The number of furan rings is 1. The number of aromatic nitrogens is 3. The number of rotatable bonds is 5. The van der Waals surface area contributed by atoms with Crippen molar-refractivity contribution in [3.8, 4) is 0 Å². The molecule has 5 aromatic rings. The monoisotopic (exact) mass is 469 g/mol. The van der Waals surface area contributed by atoms with Gasteiger partial charge in [0, 0.05) is 41.1 Å². The molecule has 176 valence electrons. The number of amides is 1. The number of carbonyl (C=O) groups is 2. The van der Waals surface area contributed by atoms with E-state index in [0.717, 1.165) is 16.3 Å². The van der Waals surface area contributed by atoms with E-state index < -0.39 is 12.0 Å². The first-order chi connectivity index (χ1) is 17.0. The van der Waals surface area contributed by atoms with E-state index >= 15 is 0 Å². The molecule has 2 aromatic carbocycles. The summed E-state index contributed by atoms with van der Waals surface area (Å²) in [5.41, 5.74) is 3.50. The number of nitrogens with one attached hydrogen (secondary N) is 2. The Morgan fingerprint density at radius 3 is 2.91 bits per heavy atom. The van der Waals surface area contributed by atoms with E-state index in [-0.39, 0.29) is 18.2 Å². The Kier molecular flexibility index (Phi) is 4.91. The van der Waals surface area contributed by atoms with Gasteiger partial charge < -0.3 is 24.7 Å². The van der Waals surface area contributed by atoms with Crippen molar-refractivity contribution in [3.63, 3.8) is 0 Å². The molecule has 4 heterocycles. The van der Waals surface area contributed by atoms with Crippen molar-refractivity contribution >= 4 is 56.4 Å². The molecule has 3 aromatic heterocycles. The van der Waals surface area contributed by atoms with E-state index in [1.165, 1.54) is 0 Å². The molecule has 6 rings (SSSR count). The molecule has 0 saturated carbocycles. The summed E-state index contributed by atoms with van der Waals surface area (Å²) in [7, 11) is 0. The van der Waals surface area contributed by atoms with Crippen LogP contribution in [0, 0.1) is 12.8 Å². The van der Waals surface area contributed by atoms with Crippen molar-refractivity contribution in [1.29, 1.82) is 0 Å². The molecular formula is C26H23N5O4. The summed E-state index contributed by atoms with van der Waals surface area (Å²) in [6, 6.07) is 14.4. The van der Waals surface area contributed by atoms with Gasteiger partial charge in [0.1, 0.15) is 23.0 Å². The smallest absolute Gasteiger partial charge is 0.326 e. The molecule has 3 N–H and O–H groups in total. The minimum atomic E-state index is -0.952. The van der Waals surface area contributed by atoms with Gasteiger partial charge in [0.05, 0.1) is 0 Å². The maximum atomic E-state index is 12.8. The van der Waals surface area contributed by atoms with Gasteiger partial charge in [0.2, 0.25) is 5.91 Å². The number of aryl methyl sites for hydroxylation is 1. The van der Waals surface area contributed by atoms with Gasteiger partial charge in [-0.2, -0.15) is 0 Å². The largest absolute Gasteiger partial charge is 0.480 e. The van der Waals surface area contributed by atoms with Gasteiger partial charge in [0.15, 0.2) is 11.4 Å². The number of benzene rings is 2. The van der Waals surface area contributed by atoms with E-state index in [2.05, 4.69) is 20.3 Å². The second-order valence-corrected chi connectivity index (χ2v) is 9.01. The zero-order valence-electron chi connectivity index (χ0n) is 19.0. The van der Waals surface area contributed by atoms with Gasteiger partial charge in [-0.05, 0) is 55.7 Å². The second-order valence-electron chi connectivity index (χ2n) is 9.01. The molecule has 0 unspecified atom stereocenters. The Morgan fingerprint density at radius 1 is 1.20 bits per heavy atom. The van der Waals surface area contributed by atoms with E-state index in [4.69, 9.17) is 4.42 Å². The van der Waals surface area contributed by atoms with Crippen LogP contribution in [0.25, 0.3) is 33.0 Å². The number of aliphatic carboxylic acids is 1. The SMILES string of the molecule is Cc1nc(N2C[C@@H](CC(=O)Nc3ccc4[nH]ccc4c3)C[C@H]2C(=O)O)c2oc3ccccc3c2n1. The Bertz CT molecular complexity index is 1600. The first-order valence-electron chi connectivity index (χ1n) is 11.5. The summed E-state index contributed by atoms with van der Waals surface area (Å²) < 4.78 is 6.06. The Hall–Kier alpha value is -4.40. The first kappa shape index (κ1) is 21.2. The lowest BCUT2D eigenvalue weighted by Gasteiger charge is -2.22. The van der Waals surface area contributed by atoms with Crippen molar-refractivity contribution in [1.82, 2.24) is 15.0 Å². The molecule has 0 aliphatic carbocycles. The highest BCUT2D eigenvalue weighted by Gasteiger charge is 2.40. The number of para-hydroxylation sites is 1. The number of fused-ring (bicyclic) bond motifs is 4. The standard InChI is InChI=1S/C26H23N5O4/c1-14-28-23-18-4-2-3-5-21(18)35-24(23)25(29-14)31-13-15(10-20(31)26(33)34)11-22(32)30-17-6-7-19-16(12-17)8-9-27-19/h2-9,12,15,20,27H,10-11,13H2,1H3,(H,30,32)(H,33,34)/t15-,20+/m1/s1. The average Bonchev–Trinajstić information content (AvgIpc) is 3.55. The Morgan fingerprint density at radius 2 is 2.06 bits per heavy atom. The maximum Gasteiger partial charge on any atom is 0.326 e. The molecule has 1 aliphatic heterocycles. The minimum Gasteiger partial charge on any atom is -0.480 e. The number of nitrogens with zero attached hydrogens (tertiary/aromatic N) is 3. The minimum absolute atomic E-state index is 0.149. The molecule has 0 radical (unpaired) electrons. The normalized spacial score (nSPS) is 18.0.